The van der Waals surface area contributed by atoms with Crippen molar-refractivity contribution in [3.63, 3.8) is 0 Å². The molecule has 6 nitrogen and oxygen atoms in total. The van der Waals surface area contributed by atoms with Gasteiger partial charge in [-0.2, -0.15) is 0 Å². The predicted octanol–water partition coefficient (Wildman–Crippen LogP) is 6.37. The monoisotopic (exact) mass is 497 g/mol. The van der Waals surface area contributed by atoms with E-state index in [0.29, 0.717) is 26.7 Å². The lowest BCUT2D eigenvalue weighted by atomic mass is 10.1. The summed E-state index contributed by atoms with van der Waals surface area (Å²) in [6.07, 6.45) is 3.46. The van der Waals surface area contributed by atoms with E-state index in [1.54, 1.807) is 30.6 Å². The van der Waals surface area contributed by atoms with Crippen LogP contribution in [0, 0.1) is 13.8 Å². The Morgan fingerprint density at radius 1 is 1.09 bits per heavy atom. The number of aryl methyl sites for hydroxylation is 2. The van der Waals surface area contributed by atoms with Crippen molar-refractivity contribution in [2.45, 2.75) is 31.2 Å². The third-order valence-corrected chi connectivity index (χ3v) is 6.87. The van der Waals surface area contributed by atoms with E-state index in [0.717, 1.165) is 22.4 Å². The van der Waals surface area contributed by atoms with Gasteiger partial charge in [-0.25, -0.2) is 0 Å². The van der Waals surface area contributed by atoms with Crippen LogP contribution >= 0.6 is 35.0 Å². The molecule has 0 radical (unpaired) electrons. The number of hydrogen-bond acceptors (Lipinski definition) is 5. The fraction of sp³-hybridized carbons (Fsp3) is 0.167. The predicted molar refractivity (Wildman–Crippen MR) is 134 cm³/mol. The molecule has 33 heavy (non-hydrogen) atoms. The number of hydrogen-bond donors (Lipinski definition) is 1. The fourth-order valence-corrected chi connectivity index (χ4v) is 4.56. The topological polar surface area (TPSA) is 72.7 Å². The molecule has 0 aliphatic rings. The number of nitrogens with one attached hydrogen (secondary N) is 1. The lowest BCUT2D eigenvalue weighted by Gasteiger charge is -2.16. The number of carbonyl (C=O) groups excluding carboxylic acids is 1. The molecule has 168 valence electrons. The van der Waals surface area contributed by atoms with E-state index in [9.17, 15) is 4.79 Å². The first-order valence-electron chi connectivity index (χ1n) is 10.2. The zero-order chi connectivity index (χ0) is 23.5. The highest BCUT2D eigenvalue weighted by atomic mass is 35.5. The molecule has 1 amide bonds. The van der Waals surface area contributed by atoms with Crippen LogP contribution in [0.3, 0.4) is 0 Å². The maximum Gasteiger partial charge on any atom is 0.237 e. The maximum atomic E-state index is 12.9. The van der Waals surface area contributed by atoms with Gasteiger partial charge in [0.1, 0.15) is 0 Å². The first-order chi connectivity index (χ1) is 15.8. The SMILES string of the molecule is Cc1ccc(-n2c(S[C@H](C)C(=O)Nc3cccc(Cl)c3Cl)nnc2-c2cccnc2)c(C)c1. The van der Waals surface area contributed by atoms with Gasteiger partial charge in [0.2, 0.25) is 5.91 Å². The summed E-state index contributed by atoms with van der Waals surface area (Å²) in [7, 11) is 0. The molecule has 0 spiro atoms. The molecule has 2 heterocycles. The zero-order valence-electron chi connectivity index (χ0n) is 18.2. The maximum absolute atomic E-state index is 12.9. The van der Waals surface area contributed by atoms with Crippen LogP contribution in [0.25, 0.3) is 17.1 Å². The van der Waals surface area contributed by atoms with Crippen LogP contribution < -0.4 is 5.32 Å². The van der Waals surface area contributed by atoms with E-state index in [-0.39, 0.29) is 5.91 Å². The number of anilines is 1. The highest BCUT2D eigenvalue weighted by Gasteiger charge is 2.23. The Hall–Kier alpha value is -2.87. The molecule has 0 saturated carbocycles. The van der Waals surface area contributed by atoms with Gasteiger partial charge < -0.3 is 5.32 Å². The second kappa shape index (κ2) is 9.95. The molecule has 1 N–H and O–H groups in total. The largest absolute Gasteiger partial charge is 0.324 e. The molecule has 0 saturated heterocycles. The Morgan fingerprint density at radius 3 is 2.64 bits per heavy atom. The number of rotatable bonds is 6. The molecule has 9 heteroatoms. The molecule has 2 aromatic carbocycles. The van der Waals surface area contributed by atoms with Crippen LogP contribution in [0.5, 0.6) is 0 Å². The van der Waals surface area contributed by atoms with Crippen LogP contribution in [0.15, 0.2) is 66.1 Å². The molecule has 0 aliphatic heterocycles. The molecule has 0 aliphatic carbocycles. The van der Waals surface area contributed by atoms with E-state index in [4.69, 9.17) is 23.2 Å². The summed E-state index contributed by atoms with van der Waals surface area (Å²) in [5.41, 5.74) is 4.47. The van der Waals surface area contributed by atoms with Crippen LogP contribution in [-0.4, -0.2) is 30.9 Å². The van der Waals surface area contributed by atoms with Crippen molar-refractivity contribution in [3.8, 4) is 17.1 Å². The van der Waals surface area contributed by atoms with Gasteiger partial charge in [-0.1, -0.05) is 58.7 Å². The Bertz CT molecular complexity index is 1310. The van der Waals surface area contributed by atoms with E-state index in [1.165, 1.54) is 11.8 Å². The van der Waals surface area contributed by atoms with Crippen LogP contribution in [0.4, 0.5) is 5.69 Å². The number of benzene rings is 2. The molecule has 4 rings (SSSR count). The Kier molecular flexibility index (Phi) is 7.02. The number of amides is 1. The van der Waals surface area contributed by atoms with Crippen molar-refractivity contribution in [2.75, 3.05) is 5.32 Å². The minimum absolute atomic E-state index is 0.220. The lowest BCUT2D eigenvalue weighted by molar-refractivity contribution is -0.115. The number of nitrogens with zero attached hydrogens (tertiary/aromatic N) is 4. The Labute approximate surface area is 206 Å². The van der Waals surface area contributed by atoms with Gasteiger partial charge in [-0.15, -0.1) is 10.2 Å². The van der Waals surface area contributed by atoms with Gasteiger partial charge in [0.05, 0.1) is 26.7 Å². The van der Waals surface area contributed by atoms with Crippen molar-refractivity contribution in [3.05, 3.63) is 82.1 Å². The zero-order valence-corrected chi connectivity index (χ0v) is 20.5. The van der Waals surface area contributed by atoms with Crippen LogP contribution in [0.2, 0.25) is 10.0 Å². The van der Waals surface area contributed by atoms with Crippen molar-refractivity contribution < 1.29 is 4.79 Å². The first-order valence-corrected chi connectivity index (χ1v) is 11.8. The number of halogens is 2. The summed E-state index contributed by atoms with van der Waals surface area (Å²) in [5.74, 6) is 0.435. The standard InChI is InChI=1S/C24H21Cl2N5OS/c1-14-9-10-20(15(2)12-14)31-22(17-6-5-11-27-13-17)29-30-24(31)33-16(3)23(32)28-19-8-4-7-18(25)21(19)26/h4-13,16H,1-3H3,(H,28,32)/t16-/m1/s1. The molecular formula is C24H21Cl2N5OS. The summed E-state index contributed by atoms with van der Waals surface area (Å²) < 4.78 is 1.96. The summed E-state index contributed by atoms with van der Waals surface area (Å²) in [6, 6.07) is 15.1. The average Bonchev–Trinajstić information content (AvgIpc) is 3.20. The van der Waals surface area contributed by atoms with Crippen molar-refractivity contribution in [1.82, 2.24) is 19.7 Å². The van der Waals surface area contributed by atoms with E-state index in [2.05, 4.69) is 26.6 Å². The number of pyridine rings is 1. The first kappa shape index (κ1) is 23.3. The second-order valence-corrected chi connectivity index (χ2v) is 9.62. The van der Waals surface area contributed by atoms with Gasteiger partial charge in [-0.05, 0) is 56.7 Å². The molecule has 0 bridgehead atoms. The van der Waals surface area contributed by atoms with Crippen molar-refractivity contribution >= 4 is 46.6 Å². The molecule has 1 atom stereocenters. The highest BCUT2D eigenvalue weighted by Crippen LogP contribution is 2.33. The Balaban J connectivity index is 1.68. The molecular weight excluding hydrogens is 477 g/mol. The number of thioether (sulfide) groups is 1. The fourth-order valence-electron chi connectivity index (χ4n) is 3.35. The lowest BCUT2D eigenvalue weighted by Crippen LogP contribution is -2.23. The number of carbonyl (C=O) groups is 1. The van der Waals surface area contributed by atoms with Gasteiger partial charge in [0, 0.05) is 18.0 Å². The summed E-state index contributed by atoms with van der Waals surface area (Å²) in [4.78, 5) is 17.1. The van der Waals surface area contributed by atoms with E-state index >= 15 is 0 Å². The third kappa shape index (κ3) is 5.05. The van der Waals surface area contributed by atoms with Gasteiger partial charge in [-0.3, -0.25) is 14.3 Å². The molecule has 0 fully saturated rings. The van der Waals surface area contributed by atoms with Gasteiger partial charge in [0.25, 0.3) is 0 Å². The average molecular weight is 498 g/mol. The summed E-state index contributed by atoms with van der Waals surface area (Å²) in [5, 5.41) is 12.5. The highest BCUT2D eigenvalue weighted by molar-refractivity contribution is 8.00. The molecule has 4 aromatic rings. The number of aromatic nitrogens is 4. The van der Waals surface area contributed by atoms with E-state index < -0.39 is 5.25 Å². The summed E-state index contributed by atoms with van der Waals surface area (Å²) >= 11 is 13.6. The van der Waals surface area contributed by atoms with Gasteiger partial charge >= 0.3 is 0 Å². The second-order valence-electron chi connectivity index (χ2n) is 7.52. The molecule has 2 aromatic heterocycles. The minimum Gasteiger partial charge on any atom is -0.324 e. The van der Waals surface area contributed by atoms with Crippen LogP contribution in [0.1, 0.15) is 18.1 Å². The third-order valence-electron chi connectivity index (χ3n) is 5.01. The minimum atomic E-state index is -0.476. The van der Waals surface area contributed by atoms with Gasteiger partial charge in [0.15, 0.2) is 11.0 Å². The van der Waals surface area contributed by atoms with Crippen molar-refractivity contribution in [1.29, 1.82) is 0 Å². The smallest absolute Gasteiger partial charge is 0.237 e. The van der Waals surface area contributed by atoms with E-state index in [1.807, 2.05) is 49.6 Å². The summed E-state index contributed by atoms with van der Waals surface area (Å²) in [6.45, 7) is 5.90. The van der Waals surface area contributed by atoms with Crippen molar-refractivity contribution in [2.24, 2.45) is 0 Å². The quantitative estimate of drug-likeness (QED) is 0.313. The Morgan fingerprint density at radius 2 is 1.91 bits per heavy atom. The van der Waals surface area contributed by atoms with Crippen LogP contribution in [-0.2, 0) is 4.79 Å². The normalized spacial score (nSPS) is 11.9. The molecule has 0 unspecified atom stereocenters.